The molecule has 1 aromatic heterocycles. The first-order valence-corrected chi connectivity index (χ1v) is 5.98. The van der Waals surface area contributed by atoms with Crippen LogP contribution in [0.3, 0.4) is 0 Å². The fourth-order valence-corrected chi connectivity index (χ4v) is 2.19. The zero-order valence-electron chi connectivity index (χ0n) is 9.52. The SMILES string of the molecule is NNC(Cc1ccco1)CC1CCCCO1. The van der Waals surface area contributed by atoms with Gasteiger partial charge in [-0.25, -0.2) is 0 Å². The van der Waals surface area contributed by atoms with Crippen LogP contribution in [0.1, 0.15) is 31.4 Å². The molecule has 2 atom stereocenters. The van der Waals surface area contributed by atoms with Crippen LogP contribution in [0, 0.1) is 0 Å². The third-order valence-corrected chi connectivity index (χ3v) is 3.08. The molecule has 0 spiro atoms. The summed E-state index contributed by atoms with van der Waals surface area (Å²) < 4.78 is 11.0. The Bertz CT molecular complexity index is 281. The van der Waals surface area contributed by atoms with Crippen LogP contribution >= 0.6 is 0 Å². The van der Waals surface area contributed by atoms with Crippen LogP contribution in [-0.4, -0.2) is 18.8 Å². The molecule has 1 fully saturated rings. The fraction of sp³-hybridized carbons (Fsp3) is 0.667. The molecule has 1 saturated heterocycles. The molecule has 0 aliphatic carbocycles. The van der Waals surface area contributed by atoms with Gasteiger partial charge in [0.05, 0.1) is 12.4 Å². The third-order valence-electron chi connectivity index (χ3n) is 3.08. The van der Waals surface area contributed by atoms with Gasteiger partial charge in [-0.05, 0) is 37.8 Å². The second kappa shape index (κ2) is 6.03. The third kappa shape index (κ3) is 3.33. The van der Waals surface area contributed by atoms with Crippen molar-refractivity contribution < 1.29 is 9.15 Å². The second-order valence-corrected chi connectivity index (χ2v) is 4.37. The molecule has 90 valence electrons. The van der Waals surface area contributed by atoms with Gasteiger partial charge in [0.25, 0.3) is 0 Å². The molecule has 4 nitrogen and oxygen atoms in total. The number of hydrazine groups is 1. The van der Waals surface area contributed by atoms with Gasteiger partial charge in [-0.1, -0.05) is 0 Å². The topological polar surface area (TPSA) is 60.4 Å². The van der Waals surface area contributed by atoms with Crippen LogP contribution in [0.25, 0.3) is 0 Å². The standard InChI is InChI=1S/C12H20N2O2/c13-14-10(9-12-5-3-7-16-12)8-11-4-1-2-6-15-11/h3,5,7,10-11,14H,1-2,4,6,8-9,13H2. The summed E-state index contributed by atoms with van der Waals surface area (Å²) in [5.74, 6) is 6.53. The van der Waals surface area contributed by atoms with Gasteiger partial charge >= 0.3 is 0 Å². The zero-order chi connectivity index (χ0) is 11.2. The van der Waals surface area contributed by atoms with E-state index in [0.717, 1.165) is 31.6 Å². The maximum Gasteiger partial charge on any atom is 0.105 e. The highest BCUT2D eigenvalue weighted by Crippen LogP contribution is 2.18. The lowest BCUT2D eigenvalue weighted by atomic mass is 9.99. The summed E-state index contributed by atoms with van der Waals surface area (Å²) in [6.07, 6.45) is 7.43. The first kappa shape index (κ1) is 11.6. The molecule has 2 heterocycles. The average Bonchev–Trinajstić information content (AvgIpc) is 2.82. The molecule has 2 rings (SSSR count). The molecule has 16 heavy (non-hydrogen) atoms. The molecule has 0 bridgehead atoms. The van der Waals surface area contributed by atoms with Crippen molar-refractivity contribution in [1.82, 2.24) is 5.43 Å². The Morgan fingerprint density at radius 1 is 1.50 bits per heavy atom. The summed E-state index contributed by atoms with van der Waals surface area (Å²) in [5.41, 5.74) is 2.85. The Balaban J connectivity index is 1.80. The highest BCUT2D eigenvalue weighted by atomic mass is 16.5. The van der Waals surface area contributed by atoms with Crippen LogP contribution in [0.15, 0.2) is 22.8 Å². The van der Waals surface area contributed by atoms with E-state index < -0.39 is 0 Å². The van der Waals surface area contributed by atoms with Gasteiger partial charge in [-0.2, -0.15) is 0 Å². The van der Waals surface area contributed by atoms with Gasteiger partial charge in [0.15, 0.2) is 0 Å². The van der Waals surface area contributed by atoms with E-state index >= 15 is 0 Å². The summed E-state index contributed by atoms with van der Waals surface area (Å²) in [4.78, 5) is 0. The van der Waals surface area contributed by atoms with E-state index in [1.807, 2.05) is 12.1 Å². The molecule has 3 N–H and O–H groups in total. The van der Waals surface area contributed by atoms with Crippen molar-refractivity contribution in [2.75, 3.05) is 6.61 Å². The maximum absolute atomic E-state index is 5.70. The van der Waals surface area contributed by atoms with Crippen molar-refractivity contribution in [3.8, 4) is 0 Å². The average molecular weight is 224 g/mol. The van der Waals surface area contributed by atoms with E-state index in [1.54, 1.807) is 6.26 Å². The molecular formula is C12H20N2O2. The number of rotatable bonds is 5. The predicted octanol–water partition coefficient (Wildman–Crippen LogP) is 1.61. The lowest BCUT2D eigenvalue weighted by Gasteiger charge is -2.26. The van der Waals surface area contributed by atoms with Crippen molar-refractivity contribution in [1.29, 1.82) is 0 Å². The van der Waals surface area contributed by atoms with Gasteiger partial charge in [0.2, 0.25) is 0 Å². The number of nitrogens with one attached hydrogen (secondary N) is 1. The molecular weight excluding hydrogens is 204 g/mol. The summed E-state index contributed by atoms with van der Waals surface area (Å²) in [6, 6.07) is 4.11. The van der Waals surface area contributed by atoms with Crippen LogP contribution < -0.4 is 11.3 Å². The van der Waals surface area contributed by atoms with Crippen LogP contribution in [0.5, 0.6) is 0 Å². The maximum atomic E-state index is 5.70. The van der Waals surface area contributed by atoms with E-state index in [9.17, 15) is 0 Å². The van der Waals surface area contributed by atoms with E-state index in [1.165, 1.54) is 12.8 Å². The number of ether oxygens (including phenoxy) is 1. The molecule has 0 saturated carbocycles. The quantitative estimate of drug-likeness (QED) is 0.589. The molecule has 1 aromatic rings. The predicted molar refractivity (Wildman–Crippen MR) is 61.7 cm³/mol. The van der Waals surface area contributed by atoms with Crippen LogP contribution in [-0.2, 0) is 11.2 Å². The van der Waals surface area contributed by atoms with Crippen molar-refractivity contribution in [2.45, 2.75) is 44.2 Å². The zero-order valence-corrected chi connectivity index (χ0v) is 9.52. The first-order chi connectivity index (χ1) is 7.88. The minimum atomic E-state index is 0.231. The van der Waals surface area contributed by atoms with E-state index in [0.29, 0.717) is 6.10 Å². The number of hydrogen-bond donors (Lipinski definition) is 2. The van der Waals surface area contributed by atoms with Crippen LogP contribution in [0.4, 0.5) is 0 Å². The summed E-state index contributed by atoms with van der Waals surface area (Å²) in [7, 11) is 0. The van der Waals surface area contributed by atoms with E-state index in [2.05, 4.69) is 5.43 Å². The number of furan rings is 1. The van der Waals surface area contributed by atoms with Gasteiger partial charge in [-0.15, -0.1) is 0 Å². The fourth-order valence-electron chi connectivity index (χ4n) is 2.19. The summed E-state index contributed by atoms with van der Waals surface area (Å²) in [6.45, 7) is 0.892. The number of hydrogen-bond acceptors (Lipinski definition) is 4. The van der Waals surface area contributed by atoms with Crippen molar-refractivity contribution in [2.24, 2.45) is 5.84 Å². The molecule has 1 aliphatic heterocycles. The van der Waals surface area contributed by atoms with Gasteiger partial charge in [-0.3, -0.25) is 11.3 Å². The smallest absolute Gasteiger partial charge is 0.105 e. The van der Waals surface area contributed by atoms with Crippen molar-refractivity contribution in [3.05, 3.63) is 24.2 Å². The van der Waals surface area contributed by atoms with Crippen molar-refractivity contribution >= 4 is 0 Å². The Kier molecular flexibility index (Phi) is 4.39. The normalized spacial score (nSPS) is 23.2. The first-order valence-electron chi connectivity index (χ1n) is 5.98. The summed E-state index contributed by atoms with van der Waals surface area (Å²) >= 11 is 0. The van der Waals surface area contributed by atoms with Gasteiger partial charge in [0, 0.05) is 19.1 Å². The molecule has 1 aliphatic rings. The summed E-state index contributed by atoms with van der Waals surface area (Å²) in [5, 5.41) is 0. The Morgan fingerprint density at radius 3 is 3.06 bits per heavy atom. The second-order valence-electron chi connectivity index (χ2n) is 4.37. The van der Waals surface area contributed by atoms with E-state index in [-0.39, 0.29) is 6.04 Å². The van der Waals surface area contributed by atoms with Gasteiger partial charge in [0.1, 0.15) is 5.76 Å². The van der Waals surface area contributed by atoms with Gasteiger partial charge < -0.3 is 9.15 Å². The Labute approximate surface area is 96.1 Å². The lowest BCUT2D eigenvalue weighted by molar-refractivity contribution is 0.00498. The minimum Gasteiger partial charge on any atom is -0.469 e. The van der Waals surface area contributed by atoms with Crippen LogP contribution in [0.2, 0.25) is 0 Å². The number of nitrogens with two attached hydrogens (primary N) is 1. The monoisotopic (exact) mass is 224 g/mol. The lowest BCUT2D eigenvalue weighted by Crippen LogP contribution is -2.40. The Morgan fingerprint density at radius 2 is 2.44 bits per heavy atom. The Hall–Kier alpha value is -0.840. The highest BCUT2D eigenvalue weighted by molar-refractivity contribution is 5.00. The highest BCUT2D eigenvalue weighted by Gasteiger charge is 2.19. The molecule has 0 amide bonds. The molecule has 2 unspecified atom stereocenters. The minimum absolute atomic E-state index is 0.231. The largest absolute Gasteiger partial charge is 0.469 e. The molecule has 0 radical (unpaired) electrons. The van der Waals surface area contributed by atoms with Crippen molar-refractivity contribution in [3.63, 3.8) is 0 Å². The molecule has 4 heteroatoms. The molecule has 0 aromatic carbocycles. The van der Waals surface area contributed by atoms with E-state index in [4.69, 9.17) is 15.0 Å².